The summed E-state index contributed by atoms with van der Waals surface area (Å²) in [6.45, 7) is 0. The molecule has 6 heteroatoms. The number of nitrogens with one attached hydrogen (secondary N) is 1. The van der Waals surface area contributed by atoms with Gasteiger partial charge in [-0.2, -0.15) is 5.26 Å². The minimum atomic E-state index is -0.362. The van der Waals surface area contributed by atoms with Crippen LogP contribution < -0.4 is 5.32 Å². The number of hydrogen-bond donors (Lipinski definition) is 1. The van der Waals surface area contributed by atoms with Crippen molar-refractivity contribution in [2.45, 2.75) is 6.42 Å². The van der Waals surface area contributed by atoms with Gasteiger partial charge >= 0.3 is 0 Å². The van der Waals surface area contributed by atoms with Crippen LogP contribution in [0.3, 0.4) is 0 Å². The maximum atomic E-state index is 11.1. The Bertz CT molecular complexity index is 525. The van der Waals surface area contributed by atoms with Crippen molar-refractivity contribution in [2.24, 2.45) is 0 Å². The topological polar surface area (TPSA) is 78.9 Å². The second-order valence-electron chi connectivity index (χ2n) is 2.96. The van der Waals surface area contributed by atoms with E-state index in [-0.39, 0.29) is 12.3 Å². The lowest BCUT2D eigenvalue weighted by molar-refractivity contribution is -0.119. The van der Waals surface area contributed by atoms with Crippen LogP contribution in [-0.4, -0.2) is 10.9 Å². The van der Waals surface area contributed by atoms with E-state index in [2.05, 4.69) is 4.98 Å². The highest BCUT2D eigenvalue weighted by atomic mass is 32.1. The highest BCUT2D eigenvalue weighted by Crippen LogP contribution is 2.23. The Labute approximate surface area is 95.3 Å². The predicted octanol–water partition coefficient (Wildman–Crippen LogP) is 1.54. The number of nitrogens with zero attached hydrogens (tertiary/aromatic N) is 2. The molecule has 1 amide bonds. The average Bonchev–Trinajstić information content (AvgIpc) is 2.86. The summed E-state index contributed by atoms with van der Waals surface area (Å²) in [5.41, 5.74) is 0.629. The molecule has 0 radical (unpaired) electrons. The first kappa shape index (κ1) is 10.4. The molecule has 0 spiro atoms. The number of furan rings is 1. The molecule has 0 saturated heterocycles. The predicted molar refractivity (Wildman–Crippen MR) is 57.3 cm³/mol. The van der Waals surface area contributed by atoms with Crippen LogP contribution in [0.2, 0.25) is 0 Å². The molecule has 5 nitrogen and oxygen atoms in total. The maximum absolute atomic E-state index is 11.1. The molecule has 0 bridgehead atoms. The molecule has 0 aliphatic carbocycles. The standard InChI is InChI=1S/C10H7N3O2S/c11-6-12-9(14)4-7-5-16-10(13-7)8-2-1-3-15-8/h1-3,5H,4H2,(H,12,14). The van der Waals surface area contributed by atoms with Gasteiger partial charge < -0.3 is 4.42 Å². The number of aromatic nitrogens is 1. The van der Waals surface area contributed by atoms with Gasteiger partial charge in [-0.15, -0.1) is 11.3 Å². The number of rotatable bonds is 3. The highest BCUT2D eigenvalue weighted by Gasteiger charge is 2.09. The van der Waals surface area contributed by atoms with Gasteiger partial charge in [0.2, 0.25) is 5.91 Å². The van der Waals surface area contributed by atoms with Gasteiger partial charge in [-0.3, -0.25) is 10.1 Å². The SMILES string of the molecule is N#CNC(=O)Cc1csc(-c2ccco2)n1. The molecule has 16 heavy (non-hydrogen) atoms. The zero-order valence-corrected chi connectivity index (χ0v) is 8.95. The second-order valence-corrected chi connectivity index (χ2v) is 3.82. The van der Waals surface area contributed by atoms with E-state index in [1.165, 1.54) is 11.3 Å². The Morgan fingerprint density at radius 3 is 3.25 bits per heavy atom. The van der Waals surface area contributed by atoms with E-state index in [1.54, 1.807) is 30.0 Å². The first-order valence-corrected chi connectivity index (χ1v) is 5.34. The van der Waals surface area contributed by atoms with E-state index in [0.29, 0.717) is 11.5 Å². The Kier molecular flexibility index (Phi) is 2.98. The van der Waals surface area contributed by atoms with Gasteiger partial charge in [-0.1, -0.05) is 0 Å². The molecule has 1 N–H and O–H groups in total. The van der Waals surface area contributed by atoms with E-state index in [4.69, 9.17) is 9.68 Å². The fourth-order valence-corrected chi connectivity index (χ4v) is 1.96. The first-order chi connectivity index (χ1) is 7.79. The Morgan fingerprint density at radius 1 is 1.69 bits per heavy atom. The summed E-state index contributed by atoms with van der Waals surface area (Å²) in [6, 6.07) is 3.58. The second kappa shape index (κ2) is 4.59. The molecule has 0 unspecified atom stereocenters. The van der Waals surface area contributed by atoms with Crippen molar-refractivity contribution >= 4 is 17.2 Å². The third-order valence-corrected chi connectivity index (χ3v) is 2.73. The lowest BCUT2D eigenvalue weighted by atomic mass is 10.3. The van der Waals surface area contributed by atoms with Gasteiger partial charge in [-0.25, -0.2) is 4.98 Å². The summed E-state index contributed by atoms with van der Waals surface area (Å²) in [6.07, 6.45) is 3.25. The van der Waals surface area contributed by atoms with Gasteiger partial charge in [0.05, 0.1) is 18.4 Å². The molecule has 0 aromatic carbocycles. The van der Waals surface area contributed by atoms with E-state index in [0.717, 1.165) is 5.01 Å². The lowest BCUT2D eigenvalue weighted by Crippen LogP contribution is -2.19. The van der Waals surface area contributed by atoms with Crippen LogP contribution in [0.15, 0.2) is 28.2 Å². The quantitative estimate of drug-likeness (QED) is 0.644. The summed E-state index contributed by atoms with van der Waals surface area (Å²) in [7, 11) is 0. The van der Waals surface area contributed by atoms with E-state index in [9.17, 15) is 4.79 Å². The van der Waals surface area contributed by atoms with Gasteiger partial charge in [0.25, 0.3) is 0 Å². The van der Waals surface area contributed by atoms with Crippen LogP contribution in [0.25, 0.3) is 10.8 Å². The fourth-order valence-electron chi connectivity index (χ4n) is 1.17. The minimum Gasteiger partial charge on any atom is -0.462 e. The Balaban J connectivity index is 2.09. The largest absolute Gasteiger partial charge is 0.462 e. The fraction of sp³-hybridized carbons (Fsp3) is 0.100. The monoisotopic (exact) mass is 233 g/mol. The number of carbonyl (C=O) groups excluding carboxylic acids is 1. The van der Waals surface area contributed by atoms with Crippen molar-refractivity contribution in [2.75, 3.05) is 0 Å². The van der Waals surface area contributed by atoms with Gasteiger partial charge in [-0.05, 0) is 12.1 Å². The Morgan fingerprint density at radius 2 is 2.56 bits per heavy atom. The van der Waals surface area contributed by atoms with Crippen LogP contribution in [0.4, 0.5) is 0 Å². The van der Waals surface area contributed by atoms with Gasteiger partial charge in [0.1, 0.15) is 0 Å². The molecular formula is C10H7N3O2S. The number of nitriles is 1. The number of hydrogen-bond acceptors (Lipinski definition) is 5. The molecule has 0 aliphatic rings. The smallest absolute Gasteiger partial charge is 0.239 e. The van der Waals surface area contributed by atoms with Gasteiger partial charge in [0.15, 0.2) is 17.0 Å². The normalized spacial score (nSPS) is 9.69. The first-order valence-electron chi connectivity index (χ1n) is 4.46. The van der Waals surface area contributed by atoms with Crippen LogP contribution >= 0.6 is 11.3 Å². The van der Waals surface area contributed by atoms with Crippen LogP contribution in [0.5, 0.6) is 0 Å². The molecule has 0 fully saturated rings. The number of amides is 1. The third kappa shape index (κ3) is 2.27. The van der Waals surface area contributed by atoms with Crippen molar-refractivity contribution in [3.8, 4) is 17.0 Å². The Hall–Kier alpha value is -2.13. The van der Waals surface area contributed by atoms with Gasteiger partial charge in [0, 0.05) is 5.38 Å². The minimum absolute atomic E-state index is 0.102. The van der Waals surface area contributed by atoms with Crippen molar-refractivity contribution in [1.29, 1.82) is 5.26 Å². The highest BCUT2D eigenvalue weighted by molar-refractivity contribution is 7.13. The lowest BCUT2D eigenvalue weighted by Gasteiger charge is -1.92. The van der Waals surface area contributed by atoms with E-state index < -0.39 is 0 Å². The van der Waals surface area contributed by atoms with Crippen molar-refractivity contribution in [3.63, 3.8) is 0 Å². The molecule has 0 aliphatic heterocycles. The summed E-state index contributed by atoms with van der Waals surface area (Å²) in [4.78, 5) is 15.3. The van der Waals surface area contributed by atoms with Crippen LogP contribution in [0.1, 0.15) is 5.69 Å². The molecule has 2 aromatic heterocycles. The van der Waals surface area contributed by atoms with E-state index in [1.807, 2.05) is 5.32 Å². The zero-order valence-electron chi connectivity index (χ0n) is 8.14. The molecule has 2 rings (SSSR count). The maximum Gasteiger partial charge on any atom is 0.239 e. The van der Waals surface area contributed by atoms with Crippen molar-refractivity contribution < 1.29 is 9.21 Å². The summed E-state index contributed by atoms with van der Waals surface area (Å²) in [5.74, 6) is 0.315. The number of carbonyl (C=O) groups is 1. The number of thiazole rings is 1. The summed E-state index contributed by atoms with van der Waals surface area (Å²) in [5, 5.41) is 12.8. The molecule has 0 atom stereocenters. The molecule has 2 heterocycles. The van der Waals surface area contributed by atoms with Crippen molar-refractivity contribution in [1.82, 2.24) is 10.3 Å². The summed E-state index contributed by atoms with van der Waals surface area (Å²) >= 11 is 1.40. The van der Waals surface area contributed by atoms with Crippen molar-refractivity contribution in [3.05, 3.63) is 29.5 Å². The average molecular weight is 233 g/mol. The molecule has 80 valence electrons. The van der Waals surface area contributed by atoms with E-state index >= 15 is 0 Å². The van der Waals surface area contributed by atoms with Crippen LogP contribution in [0, 0.1) is 11.5 Å². The third-order valence-electron chi connectivity index (χ3n) is 1.82. The van der Waals surface area contributed by atoms with Crippen LogP contribution in [-0.2, 0) is 11.2 Å². The summed E-state index contributed by atoms with van der Waals surface area (Å²) < 4.78 is 5.18. The molecule has 2 aromatic rings. The molecular weight excluding hydrogens is 226 g/mol. The zero-order chi connectivity index (χ0) is 11.4. The molecule has 0 saturated carbocycles.